The number of aryl methyl sites for hydroxylation is 1. The molecule has 114 valence electrons. The van der Waals surface area contributed by atoms with Crippen molar-refractivity contribution < 1.29 is 0 Å². The molecular weight excluding hydrogens is 246 g/mol. The lowest BCUT2D eigenvalue weighted by Gasteiger charge is -2.38. The van der Waals surface area contributed by atoms with Crippen LogP contribution in [0, 0.1) is 17.8 Å². The van der Waals surface area contributed by atoms with E-state index in [4.69, 9.17) is 0 Å². The van der Waals surface area contributed by atoms with Gasteiger partial charge in [-0.2, -0.15) is 5.10 Å². The Hall–Kier alpha value is -0.830. The van der Waals surface area contributed by atoms with Crippen molar-refractivity contribution in [1.82, 2.24) is 15.1 Å². The smallest absolute Gasteiger partial charge is 0.0522 e. The first-order chi connectivity index (χ1) is 9.61. The highest BCUT2D eigenvalue weighted by Crippen LogP contribution is 2.33. The van der Waals surface area contributed by atoms with Crippen LogP contribution in [0.3, 0.4) is 0 Å². The topological polar surface area (TPSA) is 29.9 Å². The number of rotatable bonds is 6. The molecule has 20 heavy (non-hydrogen) atoms. The molecule has 3 unspecified atom stereocenters. The normalized spacial score (nSPS) is 27.1. The van der Waals surface area contributed by atoms with E-state index in [0.29, 0.717) is 6.04 Å². The van der Waals surface area contributed by atoms with Gasteiger partial charge in [0.05, 0.1) is 5.69 Å². The van der Waals surface area contributed by atoms with Gasteiger partial charge in [-0.25, -0.2) is 0 Å². The van der Waals surface area contributed by atoms with Crippen LogP contribution in [0.25, 0.3) is 0 Å². The summed E-state index contributed by atoms with van der Waals surface area (Å²) in [6.45, 7) is 11.3. The number of nitrogens with one attached hydrogen (secondary N) is 1. The molecule has 0 radical (unpaired) electrons. The van der Waals surface area contributed by atoms with E-state index >= 15 is 0 Å². The Labute approximate surface area is 124 Å². The van der Waals surface area contributed by atoms with E-state index in [1.165, 1.54) is 25.0 Å². The van der Waals surface area contributed by atoms with E-state index in [2.05, 4.69) is 48.9 Å². The predicted molar refractivity (Wildman–Crippen MR) is 84.5 cm³/mol. The molecule has 0 aromatic carbocycles. The summed E-state index contributed by atoms with van der Waals surface area (Å²) in [6.07, 6.45) is 7.17. The molecule has 1 aromatic rings. The Balaban J connectivity index is 1.94. The second kappa shape index (κ2) is 7.26. The molecule has 1 aliphatic carbocycles. The molecule has 1 N–H and O–H groups in total. The van der Waals surface area contributed by atoms with Crippen LogP contribution in [0.4, 0.5) is 0 Å². The van der Waals surface area contributed by atoms with Crippen molar-refractivity contribution in [1.29, 1.82) is 0 Å². The molecule has 1 aliphatic rings. The maximum Gasteiger partial charge on any atom is 0.0522 e. The zero-order chi connectivity index (χ0) is 14.5. The van der Waals surface area contributed by atoms with Gasteiger partial charge in [0.25, 0.3) is 0 Å². The molecule has 0 amide bonds. The van der Waals surface area contributed by atoms with Crippen molar-refractivity contribution in [3.05, 3.63) is 18.0 Å². The van der Waals surface area contributed by atoms with Gasteiger partial charge in [-0.1, -0.05) is 34.1 Å². The number of hydrogen-bond donors (Lipinski definition) is 1. The van der Waals surface area contributed by atoms with Crippen molar-refractivity contribution in [3.63, 3.8) is 0 Å². The molecular formula is C17H31N3. The molecule has 3 heteroatoms. The van der Waals surface area contributed by atoms with Crippen molar-refractivity contribution in [3.8, 4) is 0 Å². The van der Waals surface area contributed by atoms with Crippen LogP contribution in [-0.2, 0) is 13.1 Å². The summed E-state index contributed by atoms with van der Waals surface area (Å²) in [5, 5.41) is 8.24. The Kier molecular flexibility index (Phi) is 5.64. The van der Waals surface area contributed by atoms with Crippen LogP contribution < -0.4 is 5.32 Å². The van der Waals surface area contributed by atoms with Crippen molar-refractivity contribution in [2.45, 2.75) is 72.5 Å². The highest BCUT2D eigenvalue weighted by atomic mass is 15.3. The first kappa shape index (κ1) is 15.6. The summed E-state index contributed by atoms with van der Waals surface area (Å²) in [4.78, 5) is 0. The average molecular weight is 277 g/mol. The number of nitrogens with zero attached hydrogens (tertiary/aromatic N) is 2. The summed E-state index contributed by atoms with van der Waals surface area (Å²) in [7, 11) is 0. The van der Waals surface area contributed by atoms with E-state index in [9.17, 15) is 0 Å². The maximum absolute atomic E-state index is 4.42. The van der Waals surface area contributed by atoms with Gasteiger partial charge < -0.3 is 5.32 Å². The van der Waals surface area contributed by atoms with E-state index in [1.54, 1.807) is 0 Å². The lowest BCUT2D eigenvalue weighted by Crippen LogP contribution is -2.42. The summed E-state index contributed by atoms with van der Waals surface area (Å²) in [5.41, 5.74) is 1.33. The Morgan fingerprint density at radius 2 is 2.20 bits per heavy atom. The minimum atomic E-state index is 0.670. The zero-order valence-electron chi connectivity index (χ0n) is 13.6. The molecule has 3 atom stereocenters. The highest BCUT2D eigenvalue weighted by molar-refractivity contribution is 5.01. The van der Waals surface area contributed by atoms with E-state index in [-0.39, 0.29) is 0 Å². The van der Waals surface area contributed by atoms with Gasteiger partial charge in [0.1, 0.15) is 0 Å². The molecule has 0 spiro atoms. The molecule has 0 saturated heterocycles. The van der Waals surface area contributed by atoms with E-state index < -0.39 is 0 Å². The molecule has 0 aliphatic heterocycles. The molecule has 0 bridgehead atoms. The highest BCUT2D eigenvalue weighted by Gasteiger charge is 2.30. The van der Waals surface area contributed by atoms with Gasteiger partial charge >= 0.3 is 0 Å². The summed E-state index contributed by atoms with van der Waals surface area (Å²) in [5.74, 6) is 2.47. The fourth-order valence-electron chi connectivity index (χ4n) is 3.60. The Morgan fingerprint density at radius 1 is 1.40 bits per heavy atom. The summed E-state index contributed by atoms with van der Waals surface area (Å²) < 4.78 is 2.14. The lowest BCUT2D eigenvalue weighted by atomic mass is 9.74. The number of hydrogen-bond acceptors (Lipinski definition) is 2. The largest absolute Gasteiger partial charge is 0.308 e. The van der Waals surface area contributed by atoms with Crippen LogP contribution in [0.15, 0.2) is 12.3 Å². The van der Waals surface area contributed by atoms with Gasteiger partial charge in [-0.05, 0) is 43.1 Å². The maximum atomic E-state index is 4.42. The third-order valence-electron chi connectivity index (χ3n) is 4.81. The third kappa shape index (κ3) is 3.85. The van der Waals surface area contributed by atoms with E-state index in [1.807, 2.05) is 6.20 Å². The van der Waals surface area contributed by atoms with Crippen molar-refractivity contribution in [2.75, 3.05) is 0 Å². The minimum Gasteiger partial charge on any atom is -0.308 e. The fraction of sp³-hybridized carbons (Fsp3) is 0.824. The van der Waals surface area contributed by atoms with Gasteiger partial charge in [0, 0.05) is 25.3 Å². The second-order valence-electron chi connectivity index (χ2n) is 6.86. The van der Waals surface area contributed by atoms with Crippen LogP contribution in [0.1, 0.15) is 59.1 Å². The molecule has 2 rings (SSSR count). The molecule has 1 fully saturated rings. The summed E-state index contributed by atoms with van der Waals surface area (Å²) in [6, 6.07) is 2.82. The van der Waals surface area contributed by atoms with E-state index in [0.717, 1.165) is 37.3 Å². The first-order valence-corrected chi connectivity index (χ1v) is 8.35. The summed E-state index contributed by atoms with van der Waals surface area (Å²) >= 11 is 0. The SMILES string of the molecule is CCCn1nccc1CNC1CC(C)CCC1C(C)C. The monoisotopic (exact) mass is 277 g/mol. The quantitative estimate of drug-likeness (QED) is 0.856. The Morgan fingerprint density at radius 3 is 2.90 bits per heavy atom. The Bertz CT molecular complexity index is 397. The van der Waals surface area contributed by atoms with Gasteiger partial charge in [-0.15, -0.1) is 0 Å². The van der Waals surface area contributed by atoms with Gasteiger partial charge in [0.2, 0.25) is 0 Å². The van der Waals surface area contributed by atoms with Crippen LogP contribution >= 0.6 is 0 Å². The zero-order valence-corrected chi connectivity index (χ0v) is 13.6. The number of aromatic nitrogens is 2. The van der Waals surface area contributed by atoms with Gasteiger partial charge in [0.15, 0.2) is 0 Å². The molecule has 1 heterocycles. The molecule has 1 saturated carbocycles. The molecule has 1 aromatic heterocycles. The second-order valence-corrected chi connectivity index (χ2v) is 6.86. The van der Waals surface area contributed by atoms with Crippen LogP contribution in [0.2, 0.25) is 0 Å². The lowest BCUT2D eigenvalue weighted by molar-refractivity contribution is 0.168. The third-order valence-corrected chi connectivity index (χ3v) is 4.81. The standard InChI is InChI=1S/C17H31N3/c1-5-10-20-15(8-9-19-20)12-18-17-11-14(4)6-7-16(17)13(2)3/h8-9,13-14,16-18H,5-7,10-12H2,1-4H3. The minimum absolute atomic E-state index is 0.670. The average Bonchev–Trinajstić information content (AvgIpc) is 2.84. The van der Waals surface area contributed by atoms with Crippen LogP contribution in [-0.4, -0.2) is 15.8 Å². The van der Waals surface area contributed by atoms with Crippen LogP contribution in [0.5, 0.6) is 0 Å². The molecule has 3 nitrogen and oxygen atoms in total. The predicted octanol–water partition coefficient (Wildman–Crippen LogP) is 3.84. The van der Waals surface area contributed by atoms with Crippen molar-refractivity contribution in [2.24, 2.45) is 17.8 Å². The fourth-order valence-corrected chi connectivity index (χ4v) is 3.60. The van der Waals surface area contributed by atoms with Gasteiger partial charge in [-0.3, -0.25) is 4.68 Å². The first-order valence-electron chi connectivity index (χ1n) is 8.35. The van der Waals surface area contributed by atoms with Crippen molar-refractivity contribution >= 4 is 0 Å².